The van der Waals surface area contributed by atoms with E-state index in [0.717, 1.165) is 0 Å². The number of aromatic carboxylic acids is 1. The van der Waals surface area contributed by atoms with E-state index in [-0.39, 0.29) is 11.3 Å². The standard InChI is InChI=1S/C13H17BrN2O4/c1-8(17)6-7-16(2)13(20)15-11-9(12(18)19)4-3-5-10(11)14/h3-5,8,17H,6-7H2,1-2H3,(H,15,20)(H,18,19). The molecule has 0 saturated heterocycles. The fourth-order valence-corrected chi connectivity index (χ4v) is 1.98. The summed E-state index contributed by atoms with van der Waals surface area (Å²) in [5, 5.41) is 20.9. The van der Waals surface area contributed by atoms with Gasteiger partial charge in [-0.3, -0.25) is 0 Å². The number of carboxylic acids is 1. The highest BCUT2D eigenvalue weighted by Crippen LogP contribution is 2.26. The second-order valence-corrected chi connectivity index (χ2v) is 5.31. The molecule has 1 aromatic rings. The molecule has 0 fully saturated rings. The minimum absolute atomic E-state index is 0.0108. The summed E-state index contributed by atoms with van der Waals surface area (Å²) in [5.41, 5.74) is 0.227. The highest BCUT2D eigenvalue weighted by atomic mass is 79.9. The van der Waals surface area contributed by atoms with Gasteiger partial charge in [-0.15, -0.1) is 0 Å². The molecule has 0 aromatic heterocycles. The number of rotatable bonds is 5. The first-order valence-electron chi connectivity index (χ1n) is 6.05. The largest absolute Gasteiger partial charge is 0.478 e. The van der Waals surface area contributed by atoms with E-state index in [0.29, 0.717) is 17.4 Å². The molecule has 2 amide bonds. The molecule has 0 saturated carbocycles. The normalized spacial score (nSPS) is 11.8. The number of anilines is 1. The fraction of sp³-hybridized carbons (Fsp3) is 0.385. The molecule has 0 bridgehead atoms. The van der Waals surface area contributed by atoms with Crippen LogP contribution in [0.5, 0.6) is 0 Å². The SMILES string of the molecule is CC(O)CCN(C)C(=O)Nc1c(Br)cccc1C(=O)O. The molecule has 0 aliphatic heterocycles. The molecule has 110 valence electrons. The zero-order chi connectivity index (χ0) is 15.3. The van der Waals surface area contributed by atoms with Crippen LogP contribution in [0.2, 0.25) is 0 Å². The maximum Gasteiger partial charge on any atom is 0.337 e. The number of aliphatic hydroxyl groups is 1. The molecule has 1 rings (SSSR count). The zero-order valence-electron chi connectivity index (χ0n) is 11.3. The van der Waals surface area contributed by atoms with Gasteiger partial charge in [0.15, 0.2) is 0 Å². The number of carbonyl (C=O) groups is 2. The smallest absolute Gasteiger partial charge is 0.337 e. The minimum atomic E-state index is -1.12. The van der Waals surface area contributed by atoms with Gasteiger partial charge in [0, 0.05) is 18.1 Å². The lowest BCUT2D eigenvalue weighted by Crippen LogP contribution is -2.33. The van der Waals surface area contributed by atoms with Crippen molar-refractivity contribution < 1.29 is 19.8 Å². The van der Waals surface area contributed by atoms with Crippen molar-refractivity contribution in [3.8, 4) is 0 Å². The second kappa shape index (κ2) is 7.25. The van der Waals surface area contributed by atoms with Gasteiger partial charge in [-0.1, -0.05) is 6.07 Å². The summed E-state index contributed by atoms with van der Waals surface area (Å²) in [6, 6.07) is 4.22. The van der Waals surface area contributed by atoms with Crippen LogP contribution < -0.4 is 5.32 Å². The number of aliphatic hydroxyl groups excluding tert-OH is 1. The number of para-hydroxylation sites is 1. The van der Waals surface area contributed by atoms with Crippen LogP contribution >= 0.6 is 15.9 Å². The summed E-state index contributed by atoms with van der Waals surface area (Å²) in [6.07, 6.45) is -0.0469. The Bertz CT molecular complexity index is 505. The number of halogens is 1. The van der Waals surface area contributed by atoms with Gasteiger partial charge in [-0.25, -0.2) is 9.59 Å². The van der Waals surface area contributed by atoms with E-state index in [1.165, 1.54) is 11.0 Å². The minimum Gasteiger partial charge on any atom is -0.478 e. The molecule has 1 unspecified atom stereocenters. The lowest BCUT2D eigenvalue weighted by atomic mass is 10.2. The third-order valence-electron chi connectivity index (χ3n) is 2.70. The molecule has 0 heterocycles. The molecule has 1 aromatic carbocycles. The molecule has 1 atom stereocenters. The Hall–Kier alpha value is -1.60. The monoisotopic (exact) mass is 344 g/mol. The second-order valence-electron chi connectivity index (χ2n) is 4.46. The average Bonchev–Trinajstić information content (AvgIpc) is 2.37. The Balaban J connectivity index is 2.82. The fourth-order valence-electron chi connectivity index (χ4n) is 1.51. The molecule has 0 aliphatic rings. The van der Waals surface area contributed by atoms with Gasteiger partial charge in [0.1, 0.15) is 0 Å². The van der Waals surface area contributed by atoms with Crippen LogP contribution in [0.25, 0.3) is 0 Å². The van der Waals surface area contributed by atoms with Crippen LogP contribution in [0.3, 0.4) is 0 Å². The predicted octanol–water partition coefficient (Wildman–Crippen LogP) is 2.38. The van der Waals surface area contributed by atoms with Gasteiger partial charge in [0.05, 0.1) is 17.4 Å². The third-order valence-corrected chi connectivity index (χ3v) is 3.37. The van der Waals surface area contributed by atoms with E-state index < -0.39 is 18.1 Å². The van der Waals surface area contributed by atoms with Crippen LogP contribution in [-0.2, 0) is 0 Å². The lowest BCUT2D eigenvalue weighted by Gasteiger charge is -2.20. The van der Waals surface area contributed by atoms with Crippen LogP contribution in [0.4, 0.5) is 10.5 Å². The molecular formula is C13H17BrN2O4. The molecular weight excluding hydrogens is 328 g/mol. The van der Waals surface area contributed by atoms with E-state index in [2.05, 4.69) is 21.2 Å². The number of hydrogen-bond acceptors (Lipinski definition) is 3. The number of hydrogen-bond donors (Lipinski definition) is 3. The Labute approximate surface area is 125 Å². The van der Waals surface area contributed by atoms with Gasteiger partial charge in [-0.05, 0) is 41.4 Å². The number of nitrogens with one attached hydrogen (secondary N) is 1. The van der Waals surface area contributed by atoms with Crippen LogP contribution in [0.1, 0.15) is 23.7 Å². The first kappa shape index (κ1) is 16.5. The summed E-state index contributed by atoms with van der Waals surface area (Å²) in [7, 11) is 1.58. The van der Waals surface area contributed by atoms with Crippen molar-refractivity contribution in [2.24, 2.45) is 0 Å². The van der Waals surface area contributed by atoms with Crippen molar-refractivity contribution in [3.05, 3.63) is 28.2 Å². The number of carbonyl (C=O) groups excluding carboxylic acids is 1. The van der Waals surface area contributed by atoms with E-state index in [9.17, 15) is 14.7 Å². The van der Waals surface area contributed by atoms with Crippen LogP contribution in [0, 0.1) is 0 Å². The van der Waals surface area contributed by atoms with Crippen LogP contribution in [0.15, 0.2) is 22.7 Å². The number of urea groups is 1. The maximum atomic E-state index is 12.0. The number of amides is 2. The van der Waals surface area contributed by atoms with Gasteiger partial charge >= 0.3 is 12.0 Å². The van der Waals surface area contributed by atoms with Crippen molar-refractivity contribution in [3.63, 3.8) is 0 Å². The summed E-state index contributed by atoms with van der Waals surface area (Å²) in [5.74, 6) is -1.12. The van der Waals surface area contributed by atoms with Crippen LogP contribution in [-0.4, -0.2) is 46.8 Å². The average molecular weight is 345 g/mol. The molecule has 20 heavy (non-hydrogen) atoms. The Morgan fingerprint density at radius 2 is 2.10 bits per heavy atom. The number of nitrogens with zero attached hydrogens (tertiary/aromatic N) is 1. The highest BCUT2D eigenvalue weighted by molar-refractivity contribution is 9.10. The molecule has 6 nitrogen and oxygen atoms in total. The lowest BCUT2D eigenvalue weighted by molar-refractivity contribution is 0.0698. The van der Waals surface area contributed by atoms with Gasteiger partial charge in [0.2, 0.25) is 0 Å². The maximum absolute atomic E-state index is 12.0. The van der Waals surface area contributed by atoms with Crippen molar-refractivity contribution in [1.29, 1.82) is 0 Å². The molecule has 0 radical (unpaired) electrons. The van der Waals surface area contributed by atoms with Crippen molar-refractivity contribution in [1.82, 2.24) is 4.90 Å². The van der Waals surface area contributed by atoms with E-state index in [1.54, 1.807) is 26.1 Å². The van der Waals surface area contributed by atoms with Crippen molar-refractivity contribution in [2.75, 3.05) is 18.9 Å². The van der Waals surface area contributed by atoms with E-state index in [4.69, 9.17) is 5.11 Å². The first-order valence-corrected chi connectivity index (χ1v) is 6.84. The van der Waals surface area contributed by atoms with E-state index in [1.807, 2.05) is 0 Å². The Morgan fingerprint density at radius 1 is 1.45 bits per heavy atom. The Kier molecular flexibility index (Phi) is 5.97. The predicted molar refractivity (Wildman–Crippen MR) is 79.0 cm³/mol. The van der Waals surface area contributed by atoms with Crippen molar-refractivity contribution in [2.45, 2.75) is 19.4 Å². The molecule has 7 heteroatoms. The quantitative estimate of drug-likeness (QED) is 0.764. The molecule has 0 spiro atoms. The van der Waals surface area contributed by atoms with Crippen molar-refractivity contribution >= 4 is 33.6 Å². The number of carboxylic acid groups (broad SMARTS) is 1. The molecule has 3 N–H and O–H groups in total. The first-order chi connectivity index (χ1) is 9.32. The molecule has 0 aliphatic carbocycles. The topological polar surface area (TPSA) is 89.9 Å². The van der Waals surface area contributed by atoms with Gasteiger partial charge in [-0.2, -0.15) is 0 Å². The highest BCUT2D eigenvalue weighted by Gasteiger charge is 2.17. The van der Waals surface area contributed by atoms with E-state index >= 15 is 0 Å². The summed E-state index contributed by atoms with van der Waals surface area (Å²) >= 11 is 3.22. The third kappa shape index (κ3) is 4.50. The summed E-state index contributed by atoms with van der Waals surface area (Å²) < 4.78 is 0.495. The van der Waals surface area contributed by atoms with Gasteiger partial charge in [0.25, 0.3) is 0 Å². The van der Waals surface area contributed by atoms with Gasteiger partial charge < -0.3 is 20.4 Å². The summed E-state index contributed by atoms with van der Waals surface area (Å²) in [4.78, 5) is 24.5. The number of benzene rings is 1. The summed E-state index contributed by atoms with van der Waals surface area (Å²) in [6.45, 7) is 2.01. The zero-order valence-corrected chi connectivity index (χ0v) is 12.8. The Morgan fingerprint density at radius 3 is 2.65 bits per heavy atom.